The van der Waals surface area contributed by atoms with E-state index in [0.29, 0.717) is 12.8 Å². The van der Waals surface area contributed by atoms with Crippen molar-refractivity contribution in [3.8, 4) is 0 Å². The molecule has 0 atom stereocenters. The molecule has 0 spiro atoms. The second kappa shape index (κ2) is 4.47. The summed E-state index contributed by atoms with van der Waals surface area (Å²) in [5.41, 5.74) is -0.303. The summed E-state index contributed by atoms with van der Waals surface area (Å²) < 4.78 is 22.7. The van der Waals surface area contributed by atoms with Gasteiger partial charge in [-0.3, -0.25) is 4.79 Å². The molecule has 94 valence electrons. The van der Waals surface area contributed by atoms with Crippen molar-refractivity contribution in [2.75, 3.05) is 6.26 Å². The fourth-order valence-electron chi connectivity index (χ4n) is 2.37. The molecule has 3 nitrogen and oxygen atoms in total. The minimum absolute atomic E-state index is 0.0676. The number of carbonyl (C=O) groups excluding carboxylic acids is 1. The Kier molecular flexibility index (Phi) is 3.83. The van der Waals surface area contributed by atoms with E-state index in [1.165, 1.54) is 6.26 Å². The molecule has 0 N–H and O–H groups in total. The molecule has 1 aliphatic rings. The van der Waals surface area contributed by atoms with Crippen molar-refractivity contribution in [2.24, 2.45) is 11.3 Å². The molecule has 1 rings (SSSR count). The van der Waals surface area contributed by atoms with E-state index >= 15 is 0 Å². The maximum Gasteiger partial charge on any atom is 0.150 e. The van der Waals surface area contributed by atoms with Gasteiger partial charge in [0.15, 0.2) is 0 Å². The van der Waals surface area contributed by atoms with Crippen LogP contribution in [-0.2, 0) is 14.6 Å². The van der Waals surface area contributed by atoms with Gasteiger partial charge in [-0.05, 0) is 25.7 Å². The second-order valence-corrected chi connectivity index (χ2v) is 8.24. The number of hydrogen-bond donors (Lipinski definition) is 0. The van der Waals surface area contributed by atoms with Gasteiger partial charge in [0, 0.05) is 17.6 Å². The predicted octanol–water partition coefficient (Wildman–Crippen LogP) is 2.21. The lowest BCUT2D eigenvalue weighted by molar-refractivity contribution is -0.131. The smallest absolute Gasteiger partial charge is 0.150 e. The van der Waals surface area contributed by atoms with Crippen LogP contribution in [0.25, 0.3) is 0 Å². The molecule has 0 aromatic carbocycles. The number of sulfone groups is 1. The minimum Gasteiger partial charge on any atom is -0.299 e. The standard InChI is InChI=1S/C12H22O3S/c1-12(2,3)11(13)9-5-7-10(8-6-9)16(4,14)15/h9-10H,5-8H2,1-4H3. The van der Waals surface area contributed by atoms with E-state index in [0.717, 1.165) is 12.8 Å². The Morgan fingerprint density at radius 2 is 1.50 bits per heavy atom. The van der Waals surface area contributed by atoms with Gasteiger partial charge in [0.1, 0.15) is 15.6 Å². The number of carbonyl (C=O) groups is 1. The Balaban J connectivity index is 2.60. The molecule has 0 heterocycles. The molecule has 1 fully saturated rings. The molecule has 0 radical (unpaired) electrons. The van der Waals surface area contributed by atoms with Gasteiger partial charge in [-0.25, -0.2) is 8.42 Å². The zero-order valence-corrected chi connectivity index (χ0v) is 11.4. The molecule has 1 aliphatic carbocycles. The number of hydrogen-bond acceptors (Lipinski definition) is 3. The van der Waals surface area contributed by atoms with E-state index in [1.807, 2.05) is 20.8 Å². The first-order valence-electron chi connectivity index (χ1n) is 5.85. The molecule has 16 heavy (non-hydrogen) atoms. The molecule has 1 saturated carbocycles. The van der Waals surface area contributed by atoms with Gasteiger partial charge < -0.3 is 0 Å². The highest BCUT2D eigenvalue weighted by Gasteiger charge is 2.35. The zero-order valence-electron chi connectivity index (χ0n) is 10.6. The molecule has 0 saturated heterocycles. The fraction of sp³-hybridized carbons (Fsp3) is 0.917. The van der Waals surface area contributed by atoms with E-state index in [9.17, 15) is 13.2 Å². The van der Waals surface area contributed by atoms with Crippen molar-refractivity contribution in [2.45, 2.75) is 51.7 Å². The monoisotopic (exact) mass is 246 g/mol. The Morgan fingerprint density at radius 1 is 1.06 bits per heavy atom. The lowest BCUT2D eigenvalue weighted by Crippen LogP contribution is -2.34. The third-order valence-corrected chi connectivity index (χ3v) is 5.07. The summed E-state index contributed by atoms with van der Waals surface area (Å²) in [5, 5.41) is -0.225. The highest BCUT2D eigenvalue weighted by molar-refractivity contribution is 7.91. The van der Waals surface area contributed by atoms with Crippen molar-refractivity contribution in [1.82, 2.24) is 0 Å². The molecule has 0 unspecified atom stereocenters. The van der Waals surface area contributed by atoms with Crippen molar-refractivity contribution in [3.63, 3.8) is 0 Å². The number of ketones is 1. The van der Waals surface area contributed by atoms with Crippen LogP contribution < -0.4 is 0 Å². The number of Topliss-reactive ketones (excluding diaryl/α,β-unsaturated/α-hetero) is 1. The molecule has 4 heteroatoms. The van der Waals surface area contributed by atoms with Gasteiger partial charge in [0.2, 0.25) is 0 Å². The van der Waals surface area contributed by atoms with E-state index in [1.54, 1.807) is 0 Å². The normalized spacial score (nSPS) is 27.8. The van der Waals surface area contributed by atoms with E-state index < -0.39 is 9.84 Å². The first-order chi connectivity index (χ1) is 7.12. The average molecular weight is 246 g/mol. The fourth-order valence-corrected chi connectivity index (χ4v) is 3.49. The highest BCUT2D eigenvalue weighted by Crippen LogP contribution is 2.33. The van der Waals surface area contributed by atoms with Crippen LogP contribution >= 0.6 is 0 Å². The quantitative estimate of drug-likeness (QED) is 0.750. The average Bonchev–Trinajstić information content (AvgIpc) is 2.14. The lowest BCUT2D eigenvalue weighted by atomic mass is 9.76. The highest BCUT2D eigenvalue weighted by atomic mass is 32.2. The van der Waals surface area contributed by atoms with Crippen LogP contribution in [0.1, 0.15) is 46.5 Å². The molecule has 0 amide bonds. The van der Waals surface area contributed by atoms with Crippen molar-refractivity contribution >= 4 is 15.6 Å². The summed E-state index contributed by atoms with van der Waals surface area (Å²) in [7, 11) is -2.92. The first kappa shape index (κ1) is 13.7. The van der Waals surface area contributed by atoms with Crippen LogP contribution in [0.15, 0.2) is 0 Å². The Morgan fingerprint density at radius 3 is 1.81 bits per heavy atom. The zero-order chi connectivity index (χ0) is 12.6. The maximum atomic E-state index is 12.0. The molecule has 0 aliphatic heterocycles. The summed E-state index contributed by atoms with van der Waals surface area (Å²) in [6.45, 7) is 5.79. The van der Waals surface area contributed by atoms with E-state index in [4.69, 9.17) is 0 Å². The topological polar surface area (TPSA) is 51.2 Å². The van der Waals surface area contributed by atoms with Crippen LogP contribution in [0.4, 0.5) is 0 Å². The van der Waals surface area contributed by atoms with Crippen molar-refractivity contribution in [3.05, 3.63) is 0 Å². The Bertz CT molecular complexity index is 354. The first-order valence-corrected chi connectivity index (χ1v) is 7.81. The van der Waals surface area contributed by atoms with E-state index in [-0.39, 0.29) is 22.4 Å². The van der Waals surface area contributed by atoms with Gasteiger partial charge >= 0.3 is 0 Å². The Hall–Kier alpha value is -0.380. The van der Waals surface area contributed by atoms with Crippen LogP contribution in [0.2, 0.25) is 0 Å². The third kappa shape index (κ3) is 3.30. The van der Waals surface area contributed by atoms with Gasteiger partial charge in [-0.1, -0.05) is 20.8 Å². The summed E-state index contributed by atoms with van der Waals surface area (Å²) in [5.74, 6) is 0.345. The summed E-state index contributed by atoms with van der Waals surface area (Å²) in [4.78, 5) is 12.0. The largest absolute Gasteiger partial charge is 0.299 e. The summed E-state index contributed by atoms with van der Waals surface area (Å²) >= 11 is 0. The van der Waals surface area contributed by atoms with E-state index in [2.05, 4.69) is 0 Å². The Labute approximate surface area is 98.5 Å². The molecular formula is C12H22O3S. The van der Waals surface area contributed by atoms with Crippen LogP contribution in [0.5, 0.6) is 0 Å². The van der Waals surface area contributed by atoms with Crippen LogP contribution in [0, 0.1) is 11.3 Å². The van der Waals surface area contributed by atoms with Crippen molar-refractivity contribution in [1.29, 1.82) is 0 Å². The lowest BCUT2D eigenvalue weighted by Gasteiger charge is -2.30. The minimum atomic E-state index is -2.92. The van der Waals surface area contributed by atoms with Gasteiger partial charge in [0.05, 0.1) is 5.25 Å². The van der Waals surface area contributed by atoms with Crippen LogP contribution in [-0.4, -0.2) is 25.7 Å². The second-order valence-electron chi connectivity index (χ2n) is 5.92. The van der Waals surface area contributed by atoms with Gasteiger partial charge in [0.25, 0.3) is 0 Å². The van der Waals surface area contributed by atoms with Crippen molar-refractivity contribution < 1.29 is 13.2 Å². The molecule has 0 bridgehead atoms. The predicted molar refractivity (Wildman–Crippen MR) is 65.1 cm³/mol. The van der Waals surface area contributed by atoms with Gasteiger partial charge in [-0.2, -0.15) is 0 Å². The maximum absolute atomic E-state index is 12.0. The summed E-state index contributed by atoms with van der Waals surface area (Å²) in [6, 6.07) is 0. The van der Waals surface area contributed by atoms with Crippen LogP contribution in [0.3, 0.4) is 0 Å². The molecule has 0 aromatic rings. The molecule has 0 aromatic heterocycles. The SMILES string of the molecule is CC(C)(C)C(=O)C1CCC(S(C)(=O)=O)CC1. The van der Waals surface area contributed by atoms with Gasteiger partial charge in [-0.15, -0.1) is 0 Å². The summed E-state index contributed by atoms with van der Waals surface area (Å²) in [6.07, 6.45) is 4.04. The third-order valence-electron chi connectivity index (χ3n) is 3.39. The number of rotatable bonds is 2. The molecular weight excluding hydrogens is 224 g/mol.